The molecule has 0 fully saturated rings. The van der Waals surface area contributed by atoms with Crippen molar-refractivity contribution in [3.05, 3.63) is 23.0 Å². The molecule has 1 aromatic rings. The molecular weight excluding hydrogens is 230 g/mol. The van der Waals surface area contributed by atoms with Gasteiger partial charge in [-0.05, 0) is 13.8 Å². The molecule has 1 amide bonds. The summed E-state index contributed by atoms with van der Waals surface area (Å²) in [6, 6.07) is 0. The highest BCUT2D eigenvalue weighted by Crippen LogP contribution is 2.23. The maximum absolute atomic E-state index is 11.0. The topological polar surface area (TPSA) is 63.2 Å². The molecule has 0 aliphatic rings. The molecule has 0 bridgehead atoms. The lowest BCUT2D eigenvalue weighted by atomic mass is 10.1. The number of rotatable bonds is 6. The Balaban J connectivity index is 2.55. The standard InChI is InChI=1S/C13H21N3O2/c1-9-7-16-11(10(2)13(9)18-4)8-15-6-5-12(17)14-3/h7,15H,5-6,8H2,1-4H3,(H,14,17). The van der Waals surface area contributed by atoms with E-state index in [2.05, 4.69) is 15.6 Å². The second kappa shape index (κ2) is 6.96. The lowest BCUT2D eigenvalue weighted by molar-refractivity contribution is -0.120. The van der Waals surface area contributed by atoms with Gasteiger partial charge in [0, 0.05) is 43.9 Å². The number of nitrogens with zero attached hydrogens (tertiary/aromatic N) is 1. The SMILES string of the molecule is CNC(=O)CCNCc1ncc(C)c(OC)c1C. The Morgan fingerprint density at radius 2 is 2.17 bits per heavy atom. The Morgan fingerprint density at radius 3 is 2.78 bits per heavy atom. The third-order valence-corrected chi connectivity index (χ3v) is 2.85. The van der Waals surface area contributed by atoms with Crippen molar-refractivity contribution in [2.24, 2.45) is 0 Å². The summed E-state index contributed by atoms with van der Waals surface area (Å²) < 4.78 is 5.35. The van der Waals surface area contributed by atoms with Gasteiger partial charge in [0.25, 0.3) is 0 Å². The van der Waals surface area contributed by atoms with Gasteiger partial charge < -0.3 is 15.4 Å². The van der Waals surface area contributed by atoms with Crippen LogP contribution in [0.5, 0.6) is 5.75 Å². The monoisotopic (exact) mass is 251 g/mol. The van der Waals surface area contributed by atoms with Gasteiger partial charge in [-0.3, -0.25) is 9.78 Å². The number of carbonyl (C=O) groups excluding carboxylic acids is 1. The van der Waals surface area contributed by atoms with Gasteiger partial charge in [0.1, 0.15) is 5.75 Å². The fourth-order valence-corrected chi connectivity index (χ4v) is 1.78. The first-order valence-corrected chi connectivity index (χ1v) is 6.00. The third-order valence-electron chi connectivity index (χ3n) is 2.85. The van der Waals surface area contributed by atoms with Crippen molar-refractivity contribution in [3.8, 4) is 5.75 Å². The minimum atomic E-state index is 0.0358. The Morgan fingerprint density at radius 1 is 1.44 bits per heavy atom. The minimum absolute atomic E-state index is 0.0358. The van der Waals surface area contributed by atoms with Crippen LogP contribution in [0.3, 0.4) is 0 Å². The molecule has 1 aromatic heterocycles. The summed E-state index contributed by atoms with van der Waals surface area (Å²) in [6.45, 7) is 5.24. The van der Waals surface area contributed by atoms with Crippen LogP contribution in [-0.4, -0.2) is 31.6 Å². The average Bonchev–Trinajstić information content (AvgIpc) is 2.37. The van der Waals surface area contributed by atoms with Crippen LogP contribution in [0.25, 0.3) is 0 Å². The Bertz CT molecular complexity index is 419. The number of hydrogen-bond donors (Lipinski definition) is 2. The summed E-state index contributed by atoms with van der Waals surface area (Å²) in [5.74, 6) is 0.918. The first-order chi connectivity index (χ1) is 8.60. The number of pyridine rings is 1. The summed E-state index contributed by atoms with van der Waals surface area (Å²) in [4.78, 5) is 15.4. The largest absolute Gasteiger partial charge is 0.496 e. The van der Waals surface area contributed by atoms with E-state index in [4.69, 9.17) is 4.74 Å². The van der Waals surface area contributed by atoms with E-state index in [0.29, 0.717) is 19.5 Å². The van der Waals surface area contributed by atoms with E-state index in [9.17, 15) is 4.79 Å². The zero-order chi connectivity index (χ0) is 13.5. The van der Waals surface area contributed by atoms with Crippen molar-refractivity contribution < 1.29 is 9.53 Å². The van der Waals surface area contributed by atoms with E-state index in [-0.39, 0.29) is 5.91 Å². The van der Waals surface area contributed by atoms with Gasteiger partial charge >= 0.3 is 0 Å². The fourth-order valence-electron chi connectivity index (χ4n) is 1.78. The predicted octanol–water partition coefficient (Wildman–Crippen LogP) is 0.933. The highest BCUT2D eigenvalue weighted by molar-refractivity contribution is 5.75. The van der Waals surface area contributed by atoms with Crippen LogP contribution in [0.15, 0.2) is 6.20 Å². The van der Waals surface area contributed by atoms with Crippen LogP contribution in [0.4, 0.5) is 0 Å². The van der Waals surface area contributed by atoms with Crippen molar-refractivity contribution in [1.82, 2.24) is 15.6 Å². The summed E-state index contributed by atoms with van der Waals surface area (Å²) in [7, 11) is 3.30. The maximum Gasteiger partial charge on any atom is 0.221 e. The van der Waals surface area contributed by atoms with Crippen LogP contribution in [0.2, 0.25) is 0 Å². The molecule has 2 N–H and O–H groups in total. The zero-order valence-electron chi connectivity index (χ0n) is 11.5. The Kier molecular flexibility index (Phi) is 5.58. The number of carbonyl (C=O) groups is 1. The molecular formula is C13H21N3O2. The van der Waals surface area contributed by atoms with Gasteiger partial charge in [-0.15, -0.1) is 0 Å². The van der Waals surface area contributed by atoms with Crippen molar-refractivity contribution in [3.63, 3.8) is 0 Å². The van der Waals surface area contributed by atoms with Gasteiger partial charge in [-0.2, -0.15) is 0 Å². The number of ether oxygens (including phenoxy) is 1. The van der Waals surface area contributed by atoms with E-state index in [1.807, 2.05) is 20.0 Å². The van der Waals surface area contributed by atoms with Crippen LogP contribution >= 0.6 is 0 Å². The molecule has 0 saturated carbocycles. The average molecular weight is 251 g/mol. The first-order valence-electron chi connectivity index (χ1n) is 6.00. The second-order valence-corrected chi connectivity index (χ2v) is 4.15. The van der Waals surface area contributed by atoms with Crippen LogP contribution < -0.4 is 15.4 Å². The second-order valence-electron chi connectivity index (χ2n) is 4.15. The molecule has 18 heavy (non-hydrogen) atoms. The molecule has 0 radical (unpaired) electrons. The maximum atomic E-state index is 11.0. The lowest BCUT2D eigenvalue weighted by Crippen LogP contribution is -2.25. The van der Waals surface area contributed by atoms with E-state index in [0.717, 1.165) is 22.6 Å². The number of methoxy groups -OCH3 is 1. The molecule has 5 nitrogen and oxygen atoms in total. The molecule has 0 aromatic carbocycles. The number of amides is 1. The van der Waals surface area contributed by atoms with Crippen molar-refractivity contribution >= 4 is 5.91 Å². The van der Waals surface area contributed by atoms with Gasteiger partial charge in [-0.25, -0.2) is 0 Å². The molecule has 0 unspecified atom stereocenters. The van der Waals surface area contributed by atoms with Crippen molar-refractivity contribution in [1.29, 1.82) is 0 Å². The first kappa shape index (κ1) is 14.4. The molecule has 0 atom stereocenters. The molecule has 0 aliphatic carbocycles. The molecule has 1 heterocycles. The Labute approximate surface area is 108 Å². The van der Waals surface area contributed by atoms with E-state index >= 15 is 0 Å². The van der Waals surface area contributed by atoms with Crippen molar-refractivity contribution in [2.75, 3.05) is 20.7 Å². The van der Waals surface area contributed by atoms with E-state index < -0.39 is 0 Å². The zero-order valence-corrected chi connectivity index (χ0v) is 11.5. The predicted molar refractivity (Wildman–Crippen MR) is 70.7 cm³/mol. The normalized spacial score (nSPS) is 10.2. The van der Waals surface area contributed by atoms with Gasteiger partial charge in [-0.1, -0.05) is 0 Å². The number of nitrogens with one attached hydrogen (secondary N) is 2. The lowest BCUT2D eigenvalue weighted by Gasteiger charge is -2.12. The van der Waals surface area contributed by atoms with E-state index in [1.54, 1.807) is 14.2 Å². The molecule has 0 saturated heterocycles. The summed E-state index contributed by atoms with van der Waals surface area (Å²) in [5.41, 5.74) is 3.03. The van der Waals surface area contributed by atoms with Gasteiger partial charge in [0.05, 0.1) is 12.8 Å². The Hall–Kier alpha value is -1.62. The van der Waals surface area contributed by atoms with Crippen LogP contribution in [0.1, 0.15) is 23.2 Å². The van der Waals surface area contributed by atoms with E-state index in [1.165, 1.54) is 0 Å². The molecule has 5 heteroatoms. The van der Waals surface area contributed by atoms with Crippen molar-refractivity contribution in [2.45, 2.75) is 26.8 Å². The minimum Gasteiger partial charge on any atom is -0.496 e. The van der Waals surface area contributed by atoms with Gasteiger partial charge in [0.2, 0.25) is 5.91 Å². The fraction of sp³-hybridized carbons (Fsp3) is 0.538. The number of aryl methyl sites for hydroxylation is 1. The summed E-state index contributed by atoms with van der Waals surface area (Å²) >= 11 is 0. The summed E-state index contributed by atoms with van der Waals surface area (Å²) in [6.07, 6.45) is 2.28. The highest BCUT2D eigenvalue weighted by atomic mass is 16.5. The van der Waals surface area contributed by atoms with Gasteiger partial charge in [0.15, 0.2) is 0 Å². The van der Waals surface area contributed by atoms with Crippen LogP contribution in [-0.2, 0) is 11.3 Å². The summed E-state index contributed by atoms with van der Waals surface area (Å²) in [5, 5.41) is 5.79. The molecule has 1 rings (SSSR count). The number of aromatic nitrogens is 1. The third kappa shape index (κ3) is 3.70. The smallest absolute Gasteiger partial charge is 0.221 e. The molecule has 100 valence electrons. The molecule has 0 spiro atoms. The molecule has 0 aliphatic heterocycles. The highest BCUT2D eigenvalue weighted by Gasteiger charge is 2.08. The quantitative estimate of drug-likeness (QED) is 0.738. The van der Waals surface area contributed by atoms with Crippen LogP contribution in [0, 0.1) is 13.8 Å². The number of hydrogen-bond acceptors (Lipinski definition) is 4.